The summed E-state index contributed by atoms with van der Waals surface area (Å²) in [6, 6.07) is 5.10. The fourth-order valence-corrected chi connectivity index (χ4v) is 3.89. The molecule has 0 fully saturated rings. The van der Waals surface area contributed by atoms with Crippen LogP contribution in [0.1, 0.15) is 30.1 Å². The zero-order chi connectivity index (χ0) is 10.6. The van der Waals surface area contributed by atoms with Gasteiger partial charge in [0.15, 0.2) is 0 Å². The lowest BCUT2D eigenvalue weighted by molar-refractivity contribution is 0.165. The average molecular weight is 222 g/mol. The highest BCUT2D eigenvalue weighted by atomic mass is 32.2. The second-order valence-electron chi connectivity index (χ2n) is 3.96. The highest BCUT2D eigenvalue weighted by molar-refractivity contribution is 7.95. The molecule has 1 aromatic rings. The Morgan fingerprint density at radius 3 is 2.93 bits per heavy atom. The third kappa shape index (κ3) is 1.12. The first-order valence-corrected chi connectivity index (χ1v) is 6.41. The largest absolute Gasteiger partial charge is 0.388 e. The molecule has 1 aliphatic heterocycles. The van der Waals surface area contributed by atoms with E-state index in [1.54, 1.807) is 18.2 Å². The molecule has 0 spiro atoms. The maximum absolute atomic E-state index is 11.8. The molecule has 0 bridgehead atoms. The molecule has 3 nitrogen and oxygen atoms in total. The Bertz CT molecular complexity index is 569. The minimum atomic E-state index is -3.25. The summed E-state index contributed by atoms with van der Waals surface area (Å²) in [4.78, 5) is 0.355. The van der Waals surface area contributed by atoms with Crippen molar-refractivity contribution >= 4 is 15.4 Å². The Kier molecular flexibility index (Phi) is 1.65. The van der Waals surface area contributed by atoms with Crippen LogP contribution in [0.2, 0.25) is 0 Å². The normalized spacial score (nSPS) is 25.9. The van der Waals surface area contributed by atoms with Gasteiger partial charge in [-0.3, -0.25) is 0 Å². The molecule has 4 heteroatoms. The van der Waals surface area contributed by atoms with Crippen molar-refractivity contribution in [1.29, 1.82) is 0 Å². The lowest BCUT2D eigenvalue weighted by Gasteiger charge is -2.21. The first kappa shape index (κ1) is 9.12. The van der Waals surface area contributed by atoms with Crippen LogP contribution in [0.25, 0.3) is 5.57 Å². The number of hydrogen-bond donors (Lipinski definition) is 1. The van der Waals surface area contributed by atoms with Gasteiger partial charge in [-0.2, -0.15) is 0 Å². The van der Waals surface area contributed by atoms with E-state index in [4.69, 9.17) is 0 Å². The van der Waals surface area contributed by atoms with Gasteiger partial charge in [0.25, 0.3) is 0 Å². The van der Waals surface area contributed by atoms with E-state index >= 15 is 0 Å². The van der Waals surface area contributed by atoms with Crippen molar-refractivity contribution in [3.05, 3.63) is 34.7 Å². The maximum atomic E-state index is 11.8. The number of sulfone groups is 1. The minimum Gasteiger partial charge on any atom is -0.388 e. The quantitative estimate of drug-likeness (QED) is 0.726. The topological polar surface area (TPSA) is 54.4 Å². The van der Waals surface area contributed by atoms with Gasteiger partial charge in [0.1, 0.15) is 0 Å². The molecule has 1 aromatic carbocycles. The van der Waals surface area contributed by atoms with Crippen molar-refractivity contribution in [2.24, 2.45) is 0 Å². The second kappa shape index (κ2) is 2.71. The molecule has 1 unspecified atom stereocenters. The average Bonchev–Trinajstić information content (AvgIpc) is 2.47. The molecular weight excluding hydrogens is 212 g/mol. The summed E-state index contributed by atoms with van der Waals surface area (Å²) < 4.78 is 23.5. The Morgan fingerprint density at radius 2 is 2.13 bits per heavy atom. The van der Waals surface area contributed by atoms with Gasteiger partial charge in [0.05, 0.1) is 11.0 Å². The van der Waals surface area contributed by atoms with E-state index in [1.807, 2.05) is 0 Å². The lowest BCUT2D eigenvalue weighted by atomic mass is 9.86. The molecule has 78 valence electrons. The van der Waals surface area contributed by atoms with E-state index in [2.05, 4.69) is 0 Å². The summed E-state index contributed by atoms with van der Waals surface area (Å²) in [6.07, 6.45) is 0.729. The van der Waals surface area contributed by atoms with E-state index in [9.17, 15) is 13.5 Å². The van der Waals surface area contributed by atoms with E-state index < -0.39 is 15.9 Å². The molecule has 2 aliphatic rings. The zero-order valence-corrected chi connectivity index (χ0v) is 8.79. The number of benzene rings is 1. The Hall–Kier alpha value is -1.13. The lowest BCUT2D eigenvalue weighted by Crippen LogP contribution is -2.08. The third-order valence-corrected chi connectivity index (χ3v) is 4.58. The van der Waals surface area contributed by atoms with Gasteiger partial charge in [0, 0.05) is 11.0 Å². The first-order valence-electron chi connectivity index (χ1n) is 4.86. The molecule has 1 N–H and O–H groups in total. The van der Waals surface area contributed by atoms with Crippen LogP contribution in [0.5, 0.6) is 0 Å². The van der Waals surface area contributed by atoms with Crippen molar-refractivity contribution in [2.45, 2.75) is 23.8 Å². The van der Waals surface area contributed by atoms with Crippen LogP contribution in [0.15, 0.2) is 28.5 Å². The highest BCUT2D eigenvalue weighted by Gasteiger charge is 2.33. The second-order valence-corrected chi connectivity index (χ2v) is 5.73. The highest BCUT2D eigenvalue weighted by Crippen LogP contribution is 2.45. The number of aliphatic hydroxyl groups excluding tert-OH is 1. The van der Waals surface area contributed by atoms with Crippen LogP contribution in [0, 0.1) is 0 Å². The minimum absolute atomic E-state index is 0.355. The smallest absolute Gasteiger partial charge is 0.200 e. The van der Waals surface area contributed by atoms with E-state index in [0.717, 1.165) is 16.7 Å². The molecular formula is C11H10O3S. The molecule has 0 radical (unpaired) electrons. The molecule has 3 rings (SSSR count). The zero-order valence-electron chi connectivity index (χ0n) is 7.97. The number of hydrogen-bond acceptors (Lipinski definition) is 3. The van der Waals surface area contributed by atoms with Crippen molar-refractivity contribution in [3.63, 3.8) is 0 Å². The van der Waals surface area contributed by atoms with Crippen LogP contribution < -0.4 is 0 Å². The van der Waals surface area contributed by atoms with Crippen LogP contribution in [-0.4, -0.2) is 13.5 Å². The van der Waals surface area contributed by atoms with Crippen LogP contribution in [-0.2, 0) is 9.84 Å². The summed E-state index contributed by atoms with van der Waals surface area (Å²) in [5.41, 5.74) is 2.35. The number of aliphatic hydroxyl groups is 1. The standard InChI is InChI=1S/C11H10O3S/c12-9-5-4-7-6-15(13,14)10-3-1-2-8(9)11(7)10/h1-3,6,9,12H,4-5H2. The maximum Gasteiger partial charge on any atom is 0.200 e. The number of rotatable bonds is 0. The van der Waals surface area contributed by atoms with Crippen LogP contribution in [0.3, 0.4) is 0 Å². The first-order chi connectivity index (χ1) is 7.09. The fraction of sp³-hybridized carbons (Fsp3) is 0.273. The van der Waals surface area contributed by atoms with E-state index in [1.165, 1.54) is 5.41 Å². The van der Waals surface area contributed by atoms with Crippen LogP contribution in [0.4, 0.5) is 0 Å². The Labute approximate surface area is 88.0 Å². The Balaban J connectivity index is 2.42. The van der Waals surface area contributed by atoms with Crippen molar-refractivity contribution in [3.8, 4) is 0 Å². The van der Waals surface area contributed by atoms with Gasteiger partial charge >= 0.3 is 0 Å². The molecule has 1 heterocycles. The fourth-order valence-electron chi connectivity index (χ4n) is 2.35. The van der Waals surface area contributed by atoms with Gasteiger partial charge in [-0.15, -0.1) is 0 Å². The summed E-state index contributed by atoms with van der Waals surface area (Å²) in [5.74, 6) is 0. The molecule has 0 aromatic heterocycles. The summed E-state index contributed by atoms with van der Waals surface area (Å²) >= 11 is 0. The van der Waals surface area contributed by atoms with Gasteiger partial charge in [-0.05, 0) is 30.0 Å². The van der Waals surface area contributed by atoms with Gasteiger partial charge in [0.2, 0.25) is 9.84 Å². The van der Waals surface area contributed by atoms with Crippen molar-refractivity contribution < 1.29 is 13.5 Å². The van der Waals surface area contributed by atoms with Crippen molar-refractivity contribution in [2.75, 3.05) is 0 Å². The predicted molar refractivity (Wildman–Crippen MR) is 55.8 cm³/mol. The third-order valence-electron chi connectivity index (χ3n) is 3.03. The monoisotopic (exact) mass is 222 g/mol. The summed E-state index contributed by atoms with van der Waals surface area (Å²) in [5, 5.41) is 11.1. The molecule has 0 saturated carbocycles. The van der Waals surface area contributed by atoms with Gasteiger partial charge in [-0.1, -0.05) is 12.1 Å². The molecule has 0 amide bonds. The summed E-state index contributed by atoms with van der Waals surface area (Å²) in [7, 11) is -3.25. The molecule has 15 heavy (non-hydrogen) atoms. The molecule has 0 saturated heterocycles. The molecule has 1 aliphatic carbocycles. The van der Waals surface area contributed by atoms with Crippen molar-refractivity contribution in [1.82, 2.24) is 0 Å². The SMILES string of the molecule is O=S1(=O)C=C2CCC(O)c3cccc1c32. The summed E-state index contributed by atoms with van der Waals surface area (Å²) in [6.45, 7) is 0. The molecule has 1 atom stereocenters. The Morgan fingerprint density at radius 1 is 1.33 bits per heavy atom. The van der Waals surface area contributed by atoms with E-state index in [-0.39, 0.29) is 0 Å². The van der Waals surface area contributed by atoms with Gasteiger partial charge in [-0.25, -0.2) is 8.42 Å². The number of allylic oxidation sites excluding steroid dienone is 1. The predicted octanol–water partition coefficient (Wildman–Crippen LogP) is 1.64. The van der Waals surface area contributed by atoms with Gasteiger partial charge < -0.3 is 5.11 Å². The van der Waals surface area contributed by atoms with E-state index in [0.29, 0.717) is 17.7 Å². The van der Waals surface area contributed by atoms with Crippen LogP contribution >= 0.6 is 0 Å².